The van der Waals surface area contributed by atoms with E-state index in [1.54, 1.807) is 0 Å². The van der Waals surface area contributed by atoms with Crippen molar-refractivity contribution in [3.8, 4) is 0 Å². The highest BCUT2D eigenvalue weighted by Gasteiger charge is 2.24. The average molecular weight is 145 g/mol. The Morgan fingerprint density at radius 2 is 1.90 bits per heavy atom. The van der Waals surface area contributed by atoms with Crippen LogP contribution in [0.3, 0.4) is 0 Å². The van der Waals surface area contributed by atoms with Gasteiger partial charge in [-0.05, 0) is 19.1 Å². The summed E-state index contributed by atoms with van der Waals surface area (Å²) < 4.78 is 0. The lowest BCUT2D eigenvalue weighted by atomic mass is 9.84. The Morgan fingerprint density at radius 3 is 2.00 bits per heavy atom. The van der Waals surface area contributed by atoms with Crippen molar-refractivity contribution in [2.45, 2.75) is 19.8 Å². The molecule has 0 aliphatic carbocycles. The van der Waals surface area contributed by atoms with Crippen LogP contribution in [0.1, 0.15) is 19.8 Å². The second-order valence-corrected chi connectivity index (χ2v) is 2.58. The van der Waals surface area contributed by atoms with Crippen LogP contribution in [0.2, 0.25) is 0 Å². The third-order valence-electron chi connectivity index (χ3n) is 1.96. The monoisotopic (exact) mass is 145 g/mol. The fourth-order valence-electron chi connectivity index (χ4n) is 0.764. The van der Waals surface area contributed by atoms with E-state index in [2.05, 4.69) is 0 Å². The van der Waals surface area contributed by atoms with Crippen molar-refractivity contribution in [3.63, 3.8) is 0 Å². The summed E-state index contributed by atoms with van der Waals surface area (Å²) in [5.41, 5.74) is -0.457. The molecule has 0 aliphatic heterocycles. The second-order valence-electron chi connectivity index (χ2n) is 2.58. The zero-order valence-corrected chi connectivity index (χ0v) is 6.30. The summed E-state index contributed by atoms with van der Waals surface area (Å²) in [7, 11) is 0. The molecular formula is C7H15NO2. The van der Waals surface area contributed by atoms with Crippen LogP contribution in [0, 0.1) is 10.8 Å². The average Bonchev–Trinajstić information content (AvgIpc) is 2.01. The van der Waals surface area contributed by atoms with Gasteiger partial charge >= 0.3 is 0 Å². The standard InChI is InChI=1S/C7H15NO2/c1-2-7(5-9,6-10)3-4-8/h4,8-10H,2-3,5-6H2,1H3. The number of rotatable bonds is 5. The topological polar surface area (TPSA) is 64.3 Å². The van der Waals surface area contributed by atoms with E-state index in [-0.39, 0.29) is 13.2 Å². The lowest BCUT2D eigenvalue weighted by molar-refractivity contribution is 0.0579. The SMILES string of the molecule is CCC(CO)(CO)CC=N. The van der Waals surface area contributed by atoms with E-state index in [0.29, 0.717) is 12.8 Å². The molecule has 0 atom stereocenters. The first-order valence-electron chi connectivity index (χ1n) is 3.45. The van der Waals surface area contributed by atoms with Crippen molar-refractivity contribution >= 4 is 6.21 Å². The highest BCUT2D eigenvalue weighted by molar-refractivity contribution is 5.54. The van der Waals surface area contributed by atoms with Crippen molar-refractivity contribution in [3.05, 3.63) is 0 Å². The fourth-order valence-corrected chi connectivity index (χ4v) is 0.764. The fraction of sp³-hybridized carbons (Fsp3) is 0.857. The normalized spacial score (nSPS) is 11.5. The van der Waals surface area contributed by atoms with Crippen LogP contribution in [0.4, 0.5) is 0 Å². The largest absolute Gasteiger partial charge is 0.396 e. The molecule has 0 amide bonds. The van der Waals surface area contributed by atoms with Crippen LogP contribution in [0.5, 0.6) is 0 Å². The molecule has 3 nitrogen and oxygen atoms in total. The van der Waals surface area contributed by atoms with Crippen LogP contribution in [-0.4, -0.2) is 29.6 Å². The van der Waals surface area contributed by atoms with E-state index >= 15 is 0 Å². The van der Waals surface area contributed by atoms with Gasteiger partial charge in [0.2, 0.25) is 0 Å². The number of aliphatic hydroxyl groups excluding tert-OH is 2. The summed E-state index contributed by atoms with van der Waals surface area (Å²) >= 11 is 0. The van der Waals surface area contributed by atoms with Crippen molar-refractivity contribution in [2.24, 2.45) is 5.41 Å². The van der Waals surface area contributed by atoms with Gasteiger partial charge < -0.3 is 15.6 Å². The van der Waals surface area contributed by atoms with Crippen molar-refractivity contribution in [1.82, 2.24) is 0 Å². The molecule has 0 unspecified atom stereocenters. The Bertz CT molecular complexity index is 91.5. The van der Waals surface area contributed by atoms with Crippen molar-refractivity contribution in [1.29, 1.82) is 5.41 Å². The van der Waals surface area contributed by atoms with Gasteiger partial charge in [-0.15, -0.1) is 0 Å². The van der Waals surface area contributed by atoms with Gasteiger partial charge in [0.1, 0.15) is 0 Å². The smallest absolute Gasteiger partial charge is 0.0512 e. The molecule has 0 aromatic rings. The first-order valence-corrected chi connectivity index (χ1v) is 3.45. The lowest BCUT2D eigenvalue weighted by Crippen LogP contribution is -2.29. The minimum absolute atomic E-state index is 0.0463. The second kappa shape index (κ2) is 4.41. The molecule has 0 radical (unpaired) electrons. The molecule has 0 aromatic carbocycles. The first kappa shape index (κ1) is 9.59. The van der Waals surface area contributed by atoms with E-state index in [1.807, 2.05) is 6.92 Å². The summed E-state index contributed by atoms with van der Waals surface area (Å²) in [6.07, 6.45) is 2.39. The van der Waals surface area contributed by atoms with Crippen molar-refractivity contribution in [2.75, 3.05) is 13.2 Å². The van der Waals surface area contributed by atoms with Crippen molar-refractivity contribution < 1.29 is 10.2 Å². The van der Waals surface area contributed by atoms with Gasteiger partial charge in [0.05, 0.1) is 13.2 Å². The summed E-state index contributed by atoms with van der Waals surface area (Å²) in [4.78, 5) is 0. The molecule has 0 heterocycles. The predicted octanol–water partition coefficient (Wildman–Crippen LogP) is 0.407. The Kier molecular flexibility index (Phi) is 4.23. The van der Waals surface area contributed by atoms with Gasteiger partial charge in [-0.2, -0.15) is 0 Å². The molecule has 3 N–H and O–H groups in total. The Morgan fingerprint density at radius 1 is 1.40 bits per heavy atom. The van der Waals surface area contributed by atoms with E-state index in [9.17, 15) is 0 Å². The molecule has 0 aromatic heterocycles. The molecule has 0 saturated heterocycles. The predicted molar refractivity (Wildman–Crippen MR) is 40.3 cm³/mol. The molecule has 60 valence electrons. The Labute approximate surface area is 61.2 Å². The van der Waals surface area contributed by atoms with Crippen LogP contribution in [-0.2, 0) is 0 Å². The maximum Gasteiger partial charge on any atom is 0.0512 e. The van der Waals surface area contributed by atoms with Crippen LogP contribution in [0.25, 0.3) is 0 Å². The third kappa shape index (κ3) is 2.08. The molecule has 0 rings (SSSR count). The van der Waals surface area contributed by atoms with Gasteiger partial charge in [-0.25, -0.2) is 0 Å². The molecule has 10 heavy (non-hydrogen) atoms. The van der Waals surface area contributed by atoms with E-state index < -0.39 is 5.41 Å². The Hall–Kier alpha value is -0.410. The molecule has 0 bridgehead atoms. The highest BCUT2D eigenvalue weighted by atomic mass is 16.3. The molecule has 3 heteroatoms. The minimum Gasteiger partial charge on any atom is -0.396 e. The summed E-state index contributed by atoms with van der Waals surface area (Å²) in [6.45, 7) is 1.81. The number of nitrogens with one attached hydrogen (secondary N) is 1. The minimum atomic E-state index is -0.457. The molecule has 0 saturated carbocycles. The van der Waals surface area contributed by atoms with Gasteiger partial charge in [-0.3, -0.25) is 0 Å². The number of hydrogen-bond donors (Lipinski definition) is 3. The zero-order valence-electron chi connectivity index (χ0n) is 6.30. The van der Waals surface area contributed by atoms with E-state index in [0.717, 1.165) is 0 Å². The van der Waals surface area contributed by atoms with Gasteiger partial charge in [0.15, 0.2) is 0 Å². The van der Waals surface area contributed by atoms with Crippen LogP contribution in [0.15, 0.2) is 0 Å². The molecule has 0 fully saturated rings. The maximum atomic E-state index is 8.84. The summed E-state index contributed by atoms with van der Waals surface area (Å²) in [5, 5.41) is 24.5. The number of aliphatic hydroxyl groups is 2. The number of hydrogen-bond acceptors (Lipinski definition) is 3. The first-order chi connectivity index (χ1) is 4.74. The highest BCUT2D eigenvalue weighted by Crippen LogP contribution is 2.23. The Balaban J connectivity index is 4.00. The summed E-state index contributed by atoms with van der Waals surface area (Å²) in [6, 6.07) is 0. The van der Waals surface area contributed by atoms with E-state index in [1.165, 1.54) is 6.21 Å². The van der Waals surface area contributed by atoms with Gasteiger partial charge in [-0.1, -0.05) is 6.92 Å². The van der Waals surface area contributed by atoms with Gasteiger partial charge in [0.25, 0.3) is 0 Å². The van der Waals surface area contributed by atoms with Gasteiger partial charge in [0, 0.05) is 5.41 Å². The third-order valence-corrected chi connectivity index (χ3v) is 1.96. The lowest BCUT2D eigenvalue weighted by Gasteiger charge is -2.25. The van der Waals surface area contributed by atoms with Crippen LogP contribution < -0.4 is 0 Å². The van der Waals surface area contributed by atoms with Crippen LogP contribution >= 0.6 is 0 Å². The molecule has 0 spiro atoms. The molecular weight excluding hydrogens is 130 g/mol. The molecule has 0 aliphatic rings. The quantitative estimate of drug-likeness (QED) is 0.490. The summed E-state index contributed by atoms with van der Waals surface area (Å²) in [5.74, 6) is 0. The maximum absolute atomic E-state index is 8.84. The van der Waals surface area contributed by atoms with E-state index in [4.69, 9.17) is 15.6 Å². The zero-order chi connectivity index (χ0) is 8.04.